The van der Waals surface area contributed by atoms with Gasteiger partial charge in [0.05, 0.1) is 0 Å². The lowest BCUT2D eigenvalue weighted by atomic mass is 10.0. The second-order valence-corrected chi connectivity index (χ2v) is 4.19. The van der Waals surface area contributed by atoms with Crippen molar-refractivity contribution in [2.45, 2.75) is 33.0 Å². The van der Waals surface area contributed by atoms with Crippen LogP contribution in [-0.4, -0.2) is 11.4 Å². The molecule has 0 fully saturated rings. The molecule has 0 amide bonds. The predicted octanol–water partition coefficient (Wildman–Crippen LogP) is 1.45. The van der Waals surface area contributed by atoms with E-state index >= 15 is 0 Å². The van der Waals surface area contributed by atoms with Gasteiger partial charge in [0.15, 0.2) is 0 Å². The standard InChI is InChI=1S/C12H19N3/c1-2-5-15-7-10-4-3-9(6-13)12(14)11(10)8-15/h3-4H,2,5-8,13-14H2,1H3. The summed E-state index contributed by atoms with van der Waals surface area (Å²) in [5.41, 5.74) is 16.4. The van der Waals surface area contributed by atoms with Crippen molar-refractivity contribution in [3.05, 3.63) is 28.8 Å². The van der Waals surface area contributed by atoms with E-state index in [1.54, 1.807) is 0 Å². The van der Waals surface area contributed by atoms with Crippen LogP contribution >= 0.6 is 0 Å². The monoisotopic (exact) mass is 205 g/mol. The van der Waals surface area contributed by atoms with E-state index in [1.807, 2.05) is 0 Å². The molecular weight excluding hydrogens is 186 g/mol. The van der Waals surface area contributed by atoms with Gasteiger partial charge in [0.25, 0.3) is 0 Å². The molecule has 0 aromatic heterocycles. The van der Waals surface area contributed by atoms with Gasteiger partial charge >= 0.3 is 0 Å². The Bertz CT molecular complexity index is 360. The van der Waals surface area contributed by atoms with Gasteiger partial charge in [-0.3, -0.25) is 4.90 Å². The van der Waals surface area contributed by atoms with Gasteiger partial charge in [0.1, 0.15) is 0 Å². The minimum atomic E-state index is 0.535. The number of nitrogens with two attached hydrogens (primary N) is 2. The Morgan fingerprint density at radius 2 is 2.13 bits per heavy atom. The Morgan fingerprint density at radius 3 is 2.80 bits per heavy atom. The average molecular weight is 205 g/mol. The lowest BCUT2D eigenvalue weighted by molar-refractivity contribution is 0.285. The molecule has 3 nitrogen and oxygen atoms in total. The molecule has 2 rings (SSSR count). The zero-order valence-corrected chi connectivity index (χ0v) is 9.29. The van der Waals surface area contributed by atoms with Crippen LogP contribution in [0.3, 0.4) is 0 Å². The number of nitrogen functional groups attached to an aromatic ring is 1. The Hall–Kier alpha value is -1.06. The summed E-state index contributed by atoms with van der Waals surface area (Å²) in [5, 5.41) is 0. The first-order chi connectivity index (χ1) is 7.26. The molecule has 0 unspecified atom stereocenters. The molecule has 0 radical (unpaired) electrons. The van der Waals surface area contributed by atoms with Gasteiger partial charge in [-0.25, -0.2) is 0 Å². The fourth-order valence-electron chi connectivity index (χ4n) is 2.27. The Kier molecular flexibility index (Phi) is 2.93. The molecule has 1 aromatic rings. The molecule has 0 saturated heterocycles. The van der Waals surface area contributed by atoms with Crippen LogP contribution in [0.1, 0.15) is 30.0 Å². The minimum Gasteiger partial charge on any atom is -0.398 e. The van der Waals surface area contributed by atoms with Gasteiger partial charge < -0.3 is 11.5 Å². The fraction of sp³-hybridized carbons (Fsp3) is 0.500. The third-order valence-corrected chi connectivity index (χ3v) is 3.08. The first-order valence-corrected chi connectivity index (χ1v) is 5.57. The molecule has 1 aliphatic heterocycles. The third-order valence-electron chi connectivity index (χ3n) is 3.08. The normalized spacial score (nSPS) is 15.6. The number of hydrogen-bond donors (Lipinski definition) is 2. The van der Waals surface area contributed by atoms with Gasteiger partial charge in [-0.1, -0.05) is 19.1 Å². The van der Waals surface area contributed by atoms with Crippen molar-refractivity contribution in [2.24, 2.45) is 5.73 Å². The molecule has 3 heteroatoms. The zero-order valence-electron chi connectivity index (χ0n) is 9.29. The molecule has 1 aromatic carbocycles. The number of rotatable bonds is 3. The second kappa shape index (κ2) is 4.21. The lowest BCUT2D eigenvalue weighted by Crippen LogP contribution is -2.16. The Morgan fingerprint density at radius 1 is 1.33 bits per heavy atom. The average Bonchev–Trinajstić information content (AvgIpc) is 2.63. The summed E-state index contributed by atoms with van der Waals surface area (Å²) < 4.78 is 0. The molecule has 0 atom stereocenters. The highest BCUT2D eigenvalue weighted by Gasteiger charge is 2.21. The van der Waals surface area contributed by atoms with E-state index in [4.69, 9.17) is 11.5 Å². The van der Waals surface area contributed by atoms with E-state index in [0.29, 0.717) is 6.54 Å². The predicted molar refractivity (Wildman–Crippen MR) is 63.2 cm³/mol. The quantitative estimate of drug-likeness (QED) is 0.734. The van der Waals surface area contributed by atoms with Crippen LogP contribution in [0, 0.1) is 0 Å². The topological polar surface area (TPSA) is 55.3 Å². The van der Waals surface area contributed by atoms with Crippen molar-refractivity contribution in [2.75, 3.05) is 12.3 Å². The summed E-state index contributed by atoms with van der Waals surface area (Å²) >= 11 is 0. The smallest absolute Gasteiger partial charge is 0.0408 e. The summed E-state index contributed by atoms with van der Waals surface area (Å²) in [5.74, 6) is 0. The number of hydrogen-bond acceptors (Lipinski definition) is 3. The lowest BCUT2D eigenvalue weighted by Gasteiger charge is -2.12. The van der Waals surface area contributed by atoms with Crippen LogP contribution in [0.4, 0.5) is 5.69 Å². The highest BCUT2D eigenvalue weighted by Crippen LogP contribution is 2.29. The van der Waals surface area contributed by atoms with Crippen molar-refractivity contribution in [1.82, 2.24) is 4.90 Å². The Balaban J connectivity index is 2.26. The van der Waals surface area contributed by atoms with Crippen molar-refractivity contribution in [3.8, 4) is 0 Å². The molecule has 1 heterocycles. The first-order valence-electron chi connectivity index (χ1n) is 5.57. The Labute approximate surface area is 91.1 Å². The van der Waals surface area contributed by atoms with Crippen molar-refractivity contribution in [1.29, 1.82) is 0 Å². The largest absolute Gasteiger partial charge is 0.398 e. The zero-order chi connectivity index (χ0) is 10.8. The van der Waals surface area contributed by atoms with Crippen molar-refractivity contribution in [3.63, 3.8) is 0 Å². The van der Waals surface area contributed by atoms with Crippen LogP contribution in [-0.2, 0) is 19.6 Å². The number of benzene rings is 1. The van der Waals surface area contributed by atoms with Crippen LogP contribution in [0.5, 0.6) is 0 Å². The van der Waals surface area contributed by atoms with Crippen LogP contribution < -0.4 is 11.5 Å². The summed E-state index contributed by atoms with van der Waals surface area (Å²) in [4.78, 5) is 2.43. The second-order valence-electron chi connectivity index (χ2n) is 4.19. The number of nitrogens with zero attached hydrogens (tertiary/aromatic N) is 1. The SMILES string of the molecule is CCCN1Cc2ccc(CN)c(N)c2C1. The molecule has 0 bridgehead atoms. The van der Waals surface area contributed by atoms with Gasteiger partial charge in [0, 0.05) is 25.3 Å². The molecule has 82 valence electrons. The first kappa shape index (κ1) is 10.5. The third kappa shape index (κ3) is 1.85. The van der Waals surface area contributed by atoms with Gasteiger partial charge in [-0.15, -0.1) is 0 Å². The molecule has 0 saturated carbocycles. The van der Waals surface area contributed by atoms with E-state index < -0.39 is 0 Å². The fourth-order valence-corrected chi connectivity index (χ4v) is 2.27. The molecule has 1 aliphatic rings. The highest BCUT2D eigenvalue weighted by atomic mass is 15.1. The van der Waals surface area contributed by atoms with Crippen LogP contribution in [0.15, 0.2) is 12.1 Å². The summed E-state index contributed by atoms with van der Waals surface area (Å²) in [7, 11) is 0. The summed E-state index contributed by atoms with van der Waals surface area (Å²) in [6.45, 7) is 5.91. The van der Waals surface area contributed by atoms with Gasteiger partial charge in [-0.05, 0) is 29.7 Å². The maximum atomic E-state index is 6.10. The highest BCUT2D eigenvalue weighted by molar-refractivity contribution is 5.58. The van der Waals surface area contributed by atoms with E-state index in [2.05, 4.69) is 24.0 Å². The van der Waals surface area contributed by atoms with Gasteiger partial charge in [-0.2, -0.15) is 0 Å². The van der Waals surface area contributed by atoms with Crippen molar-refractivity contribution < 1.29 is 0 Å². The molecule has 15 heavy (non-hydrogen) atoms. The van der Waals surface area contributed by atoms with Crippen LogP contribution in [0.2, 0.25) is 0 Å². The van der Waals surface area contributed by atoms with E-state index in [9.17, 15) is 0 Å². The molecule has 4 N–H and O–H groups in total. The maximum Gasteiger partial charge on any atom is 0.0408 e. The summed E-state index contributed by atoms with van der Waals surface area (Å²) in [6.07, 6.45) is 1.19. The summed E-state index contributed by atoms with van der Waals surface area (Å²) in [6, 6.07) is 4.23. The maximum absolute atomic E-state index is 6.10. The number of fused-ring (bicyclic) bond motifs is 1. The van der Waals surface area contributed by atoms with E-state index in [1.165, 1.54) is 17.5 Å². The van der Waals surface area contributed by atoms with E-state index in [0.717, 1.165) is 30.9 Å². The van der Waals surface area contributed by atoms with Crippen molar-refractivity contribution >= 4 is 5.69 Å². The van der Waals surface area contributed by atoms with Crippen LogP contribution in [0.25, 0.3) is 0 Å². The minimum absolute atomic E-state index is 0.535. The number of anilines is 1. The van der Waals surface area contributed by atoms with E-state index in [-0.39, 0.29) is 0 Å². The molecule has 0 spiro atoms. The molecular formula is C12H19N3. The molecule has 0 aliphatic carbocycles. The van der Waals surface area contributed by atoms with Gasteiger partial charge in [0.2, 0.25) is 0 Å².